The first kappa shape index (κ1) is 9.21. The summed E-state index contributed by atoms with van der Waals surface area (Å²) in [6.45, 7) is 0.843. The summed E-state index contributed by atoms with van der Waals surface area (Å²) in [7, 11) is 0. The second-order valence-electron chi connectivity index (χ2n) is 2.99. The second-order valence-corrected chi connectivity index (χ2v) is 4.22. The van der Waals surface area contributed by atoms with Gasteiger partial charge in [0, 0.05) is 18.5 Å². The van der Waals surface area contributed by atoms with Gasteiger partial charge in [-0.1, -0.05) is 11.6 Å². The predicted molar refractivity (Wildman–Crippen MR) is 51.4 cm³/mol. The number of nitrogens with zero attached hydrogens (tertiary/aromatic N) is 2. The van der Waals surface area contributed by atoms with E-state index in [0.29, 0.717) is 18.2 Å². The molecule has 2 unspecified atom stereocenters. The average molecular weight is 221 g/mol. The first-order valence-corrected chi connectivity index (χ1v) is 5.14. The number of β-amino-alcohol motifs (C(OH)–C–C–N with tert-alkyl or cyclic N) is 2. The van der Waals surface area contributed by atoms with Crippen LogP contribution in [0.25, 0.3) is 0 Å². The normalized spacial score (nSPS) is 28.4. The summed E-state index contributed by atoms with van der Waals surface area (Å²) < 4.78 is 0. The number of rotatable bonds is 1. The summed E-state index contributed by atoms with van der Waals surface area (Å²) in [6, 6.07) is 0. The topological polar surface area (TPSA) is 56.6 Å². The van der Waals surface area contributed by atoms with Gasteiger partial charge in [-0.05, 0) is 0 Å². The van der Waals surface area contributed by atoms with E-state index < -0.39 is 12.2 Å². The second kappa shape index (κ2) is 3.42. The lowest BCUT2D eigenvalue weighted by Gasteiger charge is -2.12. The van der Waals surface area contributed by atoms with Crippen LogP contribution in [0.1, 0.15) is 0 Å². The maximum atomic E-state index is 9.29. The molecule has 72 valence electrons. The number of anilines is 1. The minimum atomic E-state index is -0.678. The van der Waals surface area contributed by atoms with Crippen LogP contribution in [0, 0.1) is 0 Å². The SMILES string of the molecule is OC1CN(c2nc(Cl)cs2)CC1O. The van der Waals surface area contributed by atoms with Gasteiger partial charge in [-0.15, -0.1) is 11.3 Å². The zero-order valence-electron chi connectivity index (χ0n) is 6.72. The monoisotopic (exact) mass is 220 g/mol. The standard InChI is InChI=1S/C7H9ClN2O2S/c8-6-3-13-7(9-6)10-1-4(11)5(12)2-10/h3-5,11-12H,1-2H2. The third kappa shape index (κ3) is 1.78. The third-order valence-electron chi connectivity index (χ3n) is 1.99. The van der Waals surface area contributed by atoms with E-state index in [4.69, 9.17) is 11.6 Å². The predicted octanol–water partition coefficient (Wildman–Crippen LogP) is 0.338. The number of halogens is 1. The largest absolute Gasteiger partial charge is 0.389 e. The molecule has 0 radical (unpaired) electrons. The molecule has 13 heavy (non-hydrogen) atoms. The Labute approximate surface area is 84.4 Å². The number of aliphatic hydroxyl groups is 2. The number of aromatic nitrogens is 1. The molecule has 1 fully saturated rings. The van der Waals surface area contributed by atoms with Crippen molar-refractivity contribution < 1.29 is 10.2 Å². The number of hydrogen-bond donors (Lipinski definition) is 2. The van der Waals surface area contributed by atoms with Crippen molar-refractivity contribution in [3.63, 3.8) is 0 Å². The molecule has 1 aliphatic rings. The summed E-state index contributed by atoms with van der Waals surface area (Å²) in [6.07, 6.45) is -1.36. The fourth-order valence-electron chi connectivity index (χ4n) is 1.32. The van der Waals surface area contributed by atoms with Gasteiger partial charge < -0.3 is 15.1 Å². The van der Waals surface area contributed by atoms with Crippen LogP contribution in [0.4, 0.5) is 5.13 Å². The first-order valence-electron chi connectivity index (χ1n) is 3.89. The van der Waals surface area contributed by atoms with Crippen LogP contribution in [0.5, 0.6) is 0 Å². The smallest absolute Gasteiger partial charge is 0.186 e. The highest BCUT2D eigenvalue weighted by Crippen LogP contribution is 2.26. The number of aliphatic hydroxyl groups excluding tert-OH is 2. The van der Waals surface area contributed by atoms with Gasteiger partial charge in [0.25, 0.3) is 0 Å². The summed E-state index contributed by atoms with van der Waals surface area (Å²) >= 11 is 7.07. The van der Waals surface area contributed by atoms with E-state index in [9.17, 15) is 10.2 Å². The van der Waals surface area contributed by atoms with E-state index in [1.807, 2.05) is 4.90 Å². The molecule has 4 nitrogen and oxygen atoms in total. The molecule has 0 amide bonds. The molecular weight excluding hydrogens is 212 g/mol. The Morgan fingerprint density at radius 2 is 2.08 bits per heavy atom. The Bertz CT molecular complexity index is 296. The molecule has 0 aromatic carbocycles. The van der Waals surface area contributed by atoms with Crippen molar-refractivity contribution in [2.45, 2.75) is 12.2 Å². The van der Waals surface area contributed by atoms with Crippen LogP contribution in [-0.2, 0) is 0 Å². The van der Waals surface area contributed by atoms with Gasteiger partial charge in [0.2, 0.25) is 0 Å². The van der Waals surface area contributed by atoms with Crippen LogP contribution in [0.2, 0.25) is 5.15 Å². The van der Waals surface area contributed by atoms with Crippen molar-refractivity contribution >= 4 is 28.1 Å². The molecule has 2 heterocycles. The van der Waals surface area contributed by atoms with Gasteiger partial charge in [-0.3, -0.25) is 0 Å². The fourth-order valence-corrected chi connectivity index (χ4v) is 2.28. The van der Waals surface area contributed by atoms with Crippen molar-refractivity contribution in [1.82, 2.24) is 4.98 Å². The van der Waals surface area contributed by atoms with Crippen molar-refractivity contribution in [1.29, 1.82) is 0 Å². The molecule has 0 saturated carbocycles. The lowest BCUT2D eigenvalue weighted by molar-refractivity contribution is 0.0572. The van der Waals surface area contributed by atoms with E-state index >= 15 is 0 Å². The molecule has 0 spiro atoms. The van der Waals surface area contributed by atoms with Gasteiger partial charge in [-0.25, -0.2) is 4.98 Å². The molecule has 1 aromatic heterocycles. The maximum absolute atomic E-state index is 9.29. The van der Waals surface area contributed by atoms with Crippen molar-refractivity contribution in [2.24, 2.45) is 0 Å². The van der Waals surface area contributed by atoms with Crippen LogP contribution >= 0.6 is 22.9 Å². The molecule has 2 atom stereocenters. The van der Waals surface area contributed by atoms with Gasteiger partial charge in [0.05, 0.1) is 12.2 Å². The Kier molecular flexibility index (Phi) is 2.42. The fraction of sp³-hybridized carbons (Fsp3) is 0.571. The van der Waals surface area contributed by atoms with Gasteiger partial charge in [0.1, 0.15) is 5.15 Å². The maximum Gasteiger partial charge on any atom is 0.186 e. The molecule has 6 heteroatoms. The van der Waals surface area contributed by atoms with E-state index in [-0.39, 0.29) is 0 Å². The summed E-state index contributed by atoms with van der Waals surface area (Å²) in [5.74, 6) is 0. The Balaban J connectivity index is 2.11. The molecule has 1 saturated heterocycles. The Morgan fingerprint density at radius 1 is 1.46 bits per heavy atom. The zero-order valence-corrected chi connectivity index (χ0v) is 8.29. The van der Waals surface area contributed by atoms with E-state index in [1.165, 1.54) is 11.3 Å². The lowest BCUT2D eigenvalue weighted by atomic mass is 10.3. The van der Waals surface area contributed by atoms with E-state index in [2.05, 4.69) is 4.98 Å². The van der Waals surface area contributed by atoms with Gasteiger partial charge in [-0.2, -0.15) is 0 Å². The van der Waals surface area contributed by atoms with Gasteiger partial charge >= 0.3 is 0 Å². The highest BCUT2D eigenvalue weighted by atomic mass is 35.5. The Hall–Kier alpha value is -0.360. The van der Waals surface area contributed by atoms with Crippen LogP contribution in [0.3, 0.4) is 0 Å². The molecule has 1 aliphatic heterocycles. The average Bonchev–Trinajstić information content (AvgIpc) is 2.61. The lowest BCUT2D eigenvalue weighted by Crippen LogP contribution is -2.22. The third-order valence-corrected chi connectivity index (χ3v) is 3.22. The van der Waals surface area contributed by atoms with Crippen molar-refractivity contribution in [2.75, 3.05) is 18.0 Å². The highest BCUT2D eigenvalue weighted by Gasteiger charge is 2.30. The molecular formula is C7H9ClN2O2S. The van der Waals surface area contributed by atoms with Crippen LogP contribution in [0.15, 0.2) is 5.38 Å². The molecule has 2 N–H and O–H groups in total. The van der Waals surface area contributed by atoms with Gasteiger partial charge in [0.15, 0.2) is 5.13 Å². The van der Waals surface area contributed by atoms with Crippen molar-refractivity contribution in [3.05, 3.63) is 10.5 Å². The first-order chi connectivity index (χ1) is 6.16. The quantitative estimate of drug-likeness (QED) is 0.717. The minimum Gasteiger partial charge on any atom is -0.389 e. The van der Waals surface area contributed by atoms with Crippen LogP contribution < -0.4 is 4.90 Å². The molecule has 0 bridgehead atoms. The summed E-state index contributed by atoms with van der Waals surface area (Å²) in [5.41, 5.74) is 0. The number of thiazole rings is 1. The van der Waals surface area contributed by atoms with Crippen molar-refractivity contribution in [3.8, 4) is 0 Å². The Morgan fingerprint density at radius 3 is 2.54 bits per heavy atom. The van der Waals surface area contributed by atoms with E-state index in [0.717, 1.165) is 5.13 Å². The number of hydrogen-bond acceptors (Lipinski definition) is 5. The minimum absolute atomic E-state index is 0.422. The molecule has 0 aliphatic carbocycles. The molecule has 2 rings (SSSR count). The highest BCUT2D eigenvalue weighted by molar-refractivity contribution is 7.14. The van der Waals surface area contributed by atoms with E-state index in [1.54, 1.807) is 5.38 Å². The molecule has 1 aromatic rings. The zero-order chi connectivity index (χ0) is 9.42. The summed E-state index contributed by atoms with van der Waals surface area (Å²) in [4.78, 5) is 5.87. The van der Waals surface area contributed by atoms with Crippen LogP contribution in [-0.4, -0.2) is 40.5 Å². The summed E-state index contributed by atoms with van der Waals surface area (Å²) in [5, 5.41) is 21.5.